The average Bonchev–Trinajstić information content (AvgIpc) is 3.85. The molecule has 1 amide bonds. The van der Waals surface area contributed by atoms with E-state index in [1.807, 2.05) is 71.6 Å². The molecule has 1 saturated carbocycles. The Labute approximate surface area is 240 Å². The van der Waals surface area contributed by atoms with Gasteiger partial charge in [0.1, 0.15) is 5.78 Å². The molecular weight excluding hydrogens is 510 g/mol. The molecule has 6 rings (SSSR count). The van der Waals surface area contributed by atoms with E-state index < -0.39 is 0 Å². The third kappa shape index (κ3) is 5.58. The lowest BCUT2D eigenvalue weighted by molar-refractivity contribution is -0.120. The number of hydrogen-bond donors (Lipinski definition) is 0. The summed E-state index contributed by atoms with van der Waals surface area (Å²) in [6.45, 7) is 1.10. The predicted octanol–water partition coefficient (Wildman–Crippen LogP) is 6.64. The van der Waals surface area contributed by atoms with Gasteiger partial charge < -0.3 is 9.64 Å². The van der Waals surface area contributed by atoms with Gasteiger partial charge in [0, 0.05) is 31.0 Å². The van der Waals surface area contributed by atoms with Crippen molar-refractivity contribution in [2.75, 3.05) is 13.7 Å². The summed E-state index contributed by atoms with van der Waals surface area (Å²) in [6.07, 6.45) is 2.77. The molecule has 1 aliphatic carbocycles. The summed E-state index contributed by atoms with van der Waals surface area (Å²) < 4.78 is 4.94. The molecule has 1 fully saturated rings. The molecule has 41 heavy (non-hydrogen) atoms. The third-order valence-electron chi connectivity index (χ3n) is 8.48. The van der Waals surface area contributed by atoms with Crippen LogP contribution in [0.3, 0.4) is 0 Å². The summed E-state index contributed by atoms with van der Waals surface area (Å²) in [4.78, 5) is 40.7. The third-order valence-corrected chi connectivity index (χ3v) is 8.48. The lowest BCUT2D eigenvalue weighted by atomic mass is 9.85. The Morgan fingerprint density at radius 2 is 1.56 bits per heavy atom. The average molecular weight is 544 g/mol. The highest BCUT2D eigenvalue weighted by Gasteiger charge is 2.43. The number of Topliss-reactive ketones (excluding diaryl/α,β-unsaturated/α-hetero) is 1. The van der Waals surface area contributed by atoms with E-state index >= 15 is 0 Å². The SMILES string of the molecule is COC(=O)c1cccc(-c2ccc(CCC(=O)C3CC3c3ccccc3)c3c2CCN(C(=O)c2ccccc2)C3)c1. The maximum atomic E-state index is 13.4. The molecule has 2 aliphatic rings. The molecule has 206 valence electrons. The van der Waals surface area contributed by atoms with Crippen molar-refractivity contribution in [2.45, 2.75) is 38.1 Å². The van der Waals surface area contributed by atoms with E-state index in [4.69, 9.17) is 4.74 Å². The van der Waals surface area contributed by atoms with Crippen molar-refractivity contribution in [1.82, 2.24) is 4.90 Å². The van der Waals surface area contributed by atoms with Crippen LogP contribution in [0.5, 0.6) is 0 Å². The number of carbonyl (C=O) groups is 3. The maximum absolute atomic E-state index is 13.4. The zero-order chi connectivity index (χ0) is 28.3. The van der Waals surface area contributed by atoms with Crippen molar-refractivity contribution >= 4 is 17.7 Å². The second-order valence-electron chi connectivity index (χ2n) is 11.0. The lowest BCUT2D eigenvalue weighted by Gasteiger charge is -2.32. The molecule has 5 heteroatoms. The number of benzene rings is 4. The molecule has 0 radical (unpaired) electrons. The van der Waals surface area contributed by atoms with Gasteiger partial charge in [0.05, 0.1) is 12.7 Å². The number of methoxy groups -OCH3 is 1. The van der Waals surface area contributed by atoms with Crippen LogP contribution in [0.15, 0.2) is 97.1 Å². The molecule has 5 nitrogen and oxygen atoms in total. The highest BCUT2D eigenvalue weighted by atomic mass is 16.5. The number of nitrogens with zero attached hydrogens (tertiary/aromatic N) is 1. The van der Waals surface area contributed by atoms with Crippen LogP contribution in [0.4, 0.5) is 0 Å². The topological polar surface area (TPSA) is 63.7 Å². The highest BCUT2D eigenvalue weighted by Crippen LogP contribution is 2.48. The monoisotopic (exact) mass is 543 g/mol. The first-order valence-electron chi connectivity index (χ1n) is 14.3. The quantitative estimate of drug-likeness (QED) is 0.234. The molecule has 2 atom stereocenters. The molecule has 0 N–H and O–H groups in total. The zero-order valence-electron chi connectivity index (χ0n) is 23.2. The Balaban J connectivity index is 1.28. The standard InChI is InChI=1S/C36H33NO4/c1-41-36(40)28-14-8-13-27(21-28)29-17-15-25(16-18-34(38)32-22-31(32)24-9-4-2-5-10-24)33-23-37(20-19-30(29)33)35(39)26-11-6-3-7-12-26/h2-15,17,21,31-32H,16,18-20,22-23H2,1H3. The molecule has 2 unspecified atom stereocenters. The number of rotatable bonds is 8. The van der Waals surface area contributed by atoms with Crippen molar-refractivity contribution in [3.8, 4) is 11.1 Å². The number of carbonyl (C=O) groups excluding carboxylic acids is 3. The first kappa shape index (κ1) is 26.7. The molecular formula is C36H33NO4. The molecule has 0 spiro atoms. The van der Waals surface area contributed by atoms with Crippen LogP contribution in [0.2, 0.25) is 0 Å². The van der Waals surface area contributed by atoms with Crippen molar-refractivity contribution in [3.05, 3.63) is 130 Å². The summed E-state index contributed by atoms with van der Waals surface area (Å²) in [7, 11) is 1.38. The van der Waals surface area contributed by atoms with Crippen LogP contribution in [0, 0.1) is 5.92 Å². The normalized spacial score (nSPS) is 17.4. The minimum Gasteiger partial charge on any atom is -0.465 e. The zero-order valence-corrected chi connectivity index (χ0v) is 23.2. The second-order valence-corrected chi connectivity index (χ2v) is 11.0. The highest BCUT2D eigenvalue weighted by molar-refractivity contribution is 5.94. The molecule has 0 bridgehead atoms. The van der Waals surface area contributed by atoms with E-state index in [2.05, 4.69) is 24.3 Å². The Morgan fingerprint density at radius 3 is 2.32 bits per heavy atom. The summed E-state index contributed by atoms with van der Waals surface area (Å²) >= 11 is 0. The van der Waals surface area contributed by atoms with E-state index in [1.54, 1.807) is 6.07 Å². The van der Waals surface area contributed by atoms with Crippen LogP contribution >= 0.6 is 0 Å². The Morgan fingerprint density at radius 1 is 0.829 bits per heavy atom. The van der Waals surface area contributed by atoms with Gasteiger partial charge >= 0.3 is 5.97 Å². The van der Waals surface area contributed by atoms with E-state index in [-0.39, 0.29) is 17.8 Å². The van der Waals surface area contributed by atoms with Crippen LogP contribution in [0.1, 0.15) is 61.7 Å². The van der Waals surface area contributed by atoms with Crippen LogP contribution in [0.25, 0.3) is 11.1 Å². The lowest BCUT2D eigenvalue weighted by Crippen LogP contribution is -2.36. The Bertz CT molecular complexity index is 1590. The fraction of sp³-hybridized carbons (Fsp3) is 0.250. The van der Waals surface area contributed by atoms with Gasteiger partial charge in [-0.25, -0.2) is 4.79 Å². The number of aryl methyl sites for hydroxylation is 1. The van der Waals surface area contributed by atoms with Gasteiger partial charge in [-0.15, -0.1) is 0 Å². The minimum atomic E-state index is -0.371. The van der Waals surface area contributed by atoms with Crippen molar-refractivity contribution in [3.63, 3.8) is 0 Å². The summed E-state index contributed by atoms with van der Waals surface area (Å²) in [5, 5.41) is 0. The number of fused-ring (bicyclic) bond motifs is 1. The fourth-order valence-corrected chi connectivity index (χ4v) is 6.18. The van der Waals surface area contributed by atoms with Gasteiger partial charge in [-0.05, 0) is 82.8 Å². The van der Waals surface area contributed by atoms with Gasteiger partial charge in [-0.2, -0.15) is 0 Å². The number of ketones is 1. The van der Waals surface area contributed by atoms with Gasteiger partial charge in [0.15, 0.2) is 0 Å². The Kier molecular flexibility index (Phi) is 7.51. The van der Waals surface area contributed by atoms with E-state index in [1.165, 1.54) is 18.2 Å². The van der Waals surface area contributed by atoms with Gasteiger partial charge in [-0.3, -0.25) is 9.59 Å². The summed E-state index contributed by atoms with van der Waals surface area (Å²) in [6, 6.07) is 31.4. The number of esters is 1. The summed E-state index contributed by atoms with van der Waals surface area (Å²) in [5.41, 5.74) is 7.84. The van der Waals surface area contributed by atoms with Crippen molar-refractivity contribution < 1.29 is 19.1 Å². The van der Waals surface area contributed by atoms with E-state index in [0.717, 1.165) is 28.7 Å². The maximum Gasteiger partial charge on any atom is 0.337 e. The van der Waals surface area contributed by atoms with Gasteiger partial charge in [0.2, 0.25) is 0 Å². The summed E-state index contributed by atoms with van der Waals surface area (Å²) in [5.74, 6) is 0.394. The Hall–Kier alpha value is -4.51. The molecule has 4 aromatic rings. The van der Waals surface area contributed by atoms with Crippen molar-refractivity contribution in [2.24, 2.45) is 5.92 Å². The first-order valence-corrected chi connectivity index (χ1v) is 14.3. The number of amides is 1. The van der Waals surface area contributed by atoms with Crippen LogP contribution in [-0.2, 0) is 28.9 Å². The number of ether oxygens (including phenoxy) is 1. The smallest absolute Gasteiger partial charge is 0.337 e. The van der Waals surface area contributed by atoms with Gasteiger partial charge in [0.25, 0.3) is 5.91 Å². The fourth-order valence-electron chi connectivity index (χ4n) is 6.18. The first-order chi connectivity index (χ1) is 20.0. The van der Waals surface area contributed by atoms with E-state index in [0.29, 0.717) is 55.2 Å². The molecule has 0 aromatic heterocycles. The van der Waals surface area contributed by atoms with Gasteiger partial charge in [-0.1, -0.05) is 72.8 Å². The molecule has 0 saturated heterocycles. The molecule has 4 aromatic carbocycles. The molecule has 1 heterocycles. The minimum absolute atomic E-state index is 0.0139. The molecule has 1 aliphatic heterocycles. The van der Waals surface area contributed by atoms with Crippen LogP contribution in [-0.4, -0.2) is 36.2 Å². The van der Waals surface area contributed by atoms with E-state index in [9.17, 15) is 14.4 Å². The number of hydrogen-bond acceptors (Lipinski definition) is 4. The van der Waals surface area contributed by atoms with Crippen molar-refractivity contribution in [1.29, 1.82) is 0 Å². The van der Waals surface area contributed by atoms with Crippen LogP contribution < -0.4 is 0 Å². The largest absolute Gasteiger partial charge is 0.465 e. The predicted molar refractivity (Wildman–Crippen MR) is 159 cm³/mol. The second kappa shape index (κ2) is 11.5.